The van der Waals surface area contributed by atoms with Crippen LogP contribution in [0.5, 0.6) is 0 Å². The highest BCUT2D eigenvalue weighted by Crippen LogP contribution is 2.16. The standard InChI is InChI=1S/C12H17N3OS/c1-9(12-15-4-5-17-12)7-14-8-11-3-2-10(6-13)16-11/h2-5,9,14H,6-8,13H2,1H3. The summed E-state index contributed by atoms with van der Waals surface area (Å²) in [6.45, 7) is 4.25. The van der Waals surface area contributed by atoms with Crippen molar-refractivity contribution < 1.29 is 4.42 Å². The minimum atomic E-state index is 0.430. The van der Waals surface area contributed by atoms with Crippen molar-refractivity contribution in [3.05, 3.63) is 40.2 Å². The molecule has 2 aromatic heterocycles. The van der Waals surface area contributed by atoms with E-state index >= 15 is 0 Å². The van der Waals surface area contributed by atoms with Crippen LogP contribution in [0.2, 0.25) is 0 Å². The van der Waals surface area contributed by atoms with E-state index in [1.165, 1.54) is 5.01 Å². The SMILES string of the molecule is CC(CNCc1ccc(CN)o1)c1nccs1. The number of nitrogens with two attached hydrogens (primary N) is 1. The third kappa shape index (κ3) is 3.39. The molecule has 0 saturated heterocycles. The number of nitrogens with zero attached hydrogens (tertiary/aromatic N) is 1. The zero-order valence-electron chi connectivity index (χ0n) is 9.85. The zero-order chi connectivity index (χ0) is 12.1. The van der Waals surface area contributed by atoms with E-state index in [2.05, 4.69) is 17.2 Å². The van der Waals surface area contributed by atoms with Crippen LogP contribution >= 0.6 is 11.3 Å². The van der Waals surface area contributed by atoms with Crippen molar-refractivity contribution >= 4 is 11.3 Å². The summed E-state index contributed by atoms with van der Waals surface area (Å²) in [6.07, 6.45) is 1.84. The van der Waals surface area contributed by atoms with Gasteiger partial charge < -0.3 is 15.5 Å². The molecule has 0 fully saturated rings. The van der Waals surface area contributed by atoms with Crippen LogP contribution in [0, 0.1) is 0 Å². The lowest BCUT2D eigenvalue weighted by atomic mass is 10.2. The molecule has 0 aliphatic carbocycles. The van der Waals surface area contributed by atoms with Crippen LogP contribution in [0.3, 0.4) is 0 Å². The number of rotatable bonds is 6. The summed E-state index contributed by atoms with van der Waals surface area (Å²) in [7, 11) is 0. The topological polar surface area (TPSA) is 64.1 Å². The summed E-state index contributed by atoms with van der Waals surface area (Å²) < 4.78 is 5.50. The van der Waals surface area contributed by atoms with E-state index in [-0.39, 0.29) is 0 Å². The summed E-state index contributed by atoms with van der Waals surface area (Å²) in [5.41, 5.74) is 5.48. The van der Waals surface area contributed by atoms with Gasteiger partial charge in [-0.3, -0.25) is 0 Å². The maximum Gasteiger partial charge on any atom is 0.118 e. The first-order valence-corrected chi connectivity index (χ1v) is 6.55. The maximum atomic E-state index is 5.50. The van der Waals surface area contributed by atoms with E-state index in [4.69, 9.17) is 10.2 Å². The Balaban J connectivity index is 1.76. The lowest BCUT2D eigenvalue weighted by Gasteiger charge is -2.08. The molecule has 2 rings (SSSR count). The van der Waals surface area contributed by atoms with Crippen LogP contribution in [0.25, 0.3) is 0 Å². The molecule has 3 N–H and O–H groups in total. The van der Waals surface area contributed by atoms with Crippen molar-refractivity contribution in [3.63, 3.8) is 0 Å². The number of thiazole rings is 1. The van der Waals surface area contributed by atoms with Gasteiger partial charge in [0.15, 0.2) is 0 Å². The molecule has 0 saturated carbocycles. The molecule has 1 unspecified atom stereocenters. The lowest BCUT2D eigenvalue weighted by molar-refractivity contribution is 0.444. The summed E-state index contributed by atoms with van der Waals surface area (Å²) in [5, 5.41) is 6.53. The Bertz CT molecular complexity index is 438. The number of furan rings is 1. The first-order valence-electron chi connectivity index (χ1n) is 5.67. The Morgan fingerprint density at radius 2 is 2.29 bits per heavy atom. The number of nitrogens with one attached hydrogen (secondary N) is 1. The van der Waals surface area contributed by atoms with E-state index in [9.17, 15) is 0 Å². The van der Waals surface area contributed by atoms with E-state index in [0.29, 0.717) is 12.5 Å². The van der Waals surface area contributed by atoms with Gasteiger partial charge in [-0.1, -0.05) is 6.92 Å². The van der Waals surface area contributed by atoms with Gasteiger partial charge in [0.2, 0.25) is 0 Å². The lowest BCUT2D eigenvalue weighted by Crippen LogP contribution is -2.19. The van der Waals surface area contributed by atoms with E-state index in [1.54, 1.807) is 11.3 Å². The number of hydrogen-bond acceptors (Lipinski definition) is 5. The van der Waals surface area contributed by atoms with Gasteiger partial charge in [-0.2, -0.15) is 0 Å². The summed E-state index contributed by atoms with van der Waals surface area (Å²) >= 11 is 1.69. The minimum absolute atomic E-state index is 0.430. The number of aromatic nitrogens is 1. The quantitative estimate of drug-likeness (QED) is 0.825. The van der Waals surface area contributed by atoms with Gasteiger partial charge in [0.05, 0.1) is 18.1 Å². The predicted octanol–water partition coefficient (Wildman–Crippen LogP) is 2.09. The van der Waals surface area contributed by atoms with Crippen LogP contribution in [0.4, 0.5) is 0 Å². The molecule has 0 amide bonds. The normalized spacial score (nSPS) is 12.8. The fourth-order valence-electron chi connectivity index (χ4n) is 1.60. The molecule has 5 heteroatoms. The minimum Gasteiger partial charge on any atom is -0.463 e. The molecule has 2 aromatic rings. The molecule has 0 spiro atoms. The van der Waals surface area contributed by atoms with Gasteiger partial charge in [0, 0.05) is 24.0 Å². The van der Waals surface area contributed by atoms with Crippen molar-refractivity contribution in [1.82, 2.24) is 10.3 Å². The Morgan fingerprint density at radius 3 is 2.94 bits per heavy atom. The van der Waals surface area contributed by atoms with Crippen molar-refractivity contribution in [2.45, 2.75) is 25.9 Å². The number of hydrogen-bond donors (Lipinski definition) is 2. The third-order valence-electron chi connectivity index (χ3n) is 2.54. The van der Waals surface area contributed by atoms with Crippen LogP contribution in [-0.2, 0) is 13.1 Å². The molecular weight excluding hydrogens is 234 g/mol. The second-order valence-corrected chi connectivity index (χ2v) is 4.90. The van der Waals surface area contributed by atoms with Gasteiger partial charge in [0.25, 0.3) is 0 Å². The van der Waals surface area contributed by atoms with E-state index in [1.807, 2.05) is 23.7 Å². The molecule has 1 atom stereocenters. The van der Waals surface area contributed by atoms with Gasteiger partial charge in [-0.15, -0.1) is 11.3 Å². The van der Waals surface area contributed by atoms with E-state index < -0.39 is 0 Å². The van der Waals surface area contributed by atoms with Crippen molar-refractivity contribution in [1.29, 1.82) is 0 Å². The largest absolute Gasteiger partial charge is 0.463 e. The zero-order valence-corrected chi connectivity index (χ0v) is 10.7. The first kappa shape index (κ1) is 12.3. The molecule has 0 radical (unpaired) electrons. The average Bonchev–Trinajstić information content (AvgIpc) is 3.00. The van der Waals surface area contributed by atoms with Crippen molar-refractivity contribution in [3.8, 4) is 0 Å². The highest BCUT2D eigenvalue weighted by molar-refractivity contribution is 7.09. The molecule has 4 nitrogen and oxygen atoms in total. The predicted molar refractivity (Wildman–Crippen MR) is 68.8 cm³/mol. The summed E-state index contributed by atoms with van der Waals surface area (Å²) in [5.74, 6) is 2.19. The molecule has 0 aromatic carbocycles. The molecule has 92 valence electrons. The smallest absolute Gasteiger partial charge is 0.118 e. The molecule has 0 bridgehead atoms. The van der Waals surface area contributed by atoms with Gasteiger partial charge in [0.1, 0.15) is 11.5 Å². The van der Waals surface area contributed by atoms with Crippen molar-refractivity contribution in [2.75, 3.05) is 6.54 Å². The average molecular weight is 251 g/mol. The molecule has 0 aliphatic heterocycles. The Kier molecular flexibility index (Phi) is 4.30. The fourth-order valence-corrected chi connectivity index (χ4v) is 2.30. The van der Waals surface area contributed by atoms with E-state index in [0.717, 1.165) is 24.6 Å². The van der Waals surface area contributed by atoms with Gasteiger partial charge in [-0.25, -0.2) is 4.98 Å². The molecular formula is C12H17N3OS. The van der Waals surface area contributed by atoms with Gasteiger partial charge >= 0.3 is 0 Å². The monoisotopic (exact) mass is 251 g/mol. The Morgan fingerprint density at radius 1 is 1.47 bits per heavy atom. The Labute approximate surface area is 105 Å². The second kappa shape index (κ2) is 5.95. The molecule has 2 heterocycles. The van der Waals surface area contributed by atoms with Gasteiger partial charge in [-0.05, 0) is 12.1 Å². The van der Waals surface area contributed by atoms with Crippen molar-refractivity contribution in [2.24, 2.45) is 5.73 Å². The van der Waals surface area contributed by atoms with Crippen LogP contribution in [0.1, 0.15) is 29.4 Å². The fraction of sp³-hybridized carbons (Fsp3) is 0.417. The summed E-state index contributed by atoms with van der Waals surface area (Å²) in [6, 6.07) is 3.88. The molecule has 17 heavy (non-hydrogen) atoms. The van der Waals surface area contributed by atoms with Crippen LogP contribution < -0.4 is 11.1 Å². The third-order valence-corrected chi connectivity index (χ3v) is 3.55. The maximum absolute atomic E-state index is 5.50. The van der Waals surface area contributed by atoms with Crippen LogP contribution in [-0.4, -0.2) is 11.5 Å². The summed E-state index contributed by atoms with van der Waals surface area (Å²) in [4.78, 5) is 4.30. The Hall–Kier alpha value is -1.17. The van der Waals surface area contributed by atoms with Crippen LogP contribution in [0.15, 0.2) is 28.1 Å². The highest BCUT2D eigenvalue weighted by Gasteiger charge is 2.08. The molecule has 0 aliphatic rings. The highest BCUT2D eigenvalue weighted by atomic mass is 32.1. The first-order chi connectivity index (χ1) is 8.29. The second-order valence-electron chi connectivity index (χ2n) is 3.97.